The van der Waals surface area contributed by atoms with Gasteiger partial charge in [0.2, 0.25) is 0 Å². The largest absolute Gasteiger partial charge is 0.350 e. The van der Waals surface area contributed by atoms with E-state index in [1.807, 2.05) is 0 Å². The summed E-state index contributed by atoms with van der Waals surface area (Å²) in [5, 5.41) is 2.28. The lowest BCUT2D eigenvalue weighted by Crippen LogP contribution is -1.82. The van der Waals surface area contributed by atoms with E-state index in [1.165, 1.54) is 22.0 Å². The Morgan fingerprint density at radius 1 is 1.38 bits per heavy atom. The topological polar surface area (TPSA) is 4.93 Å². The molecule has 0 aliphatic carbocycles. The third kappa shape index (κ3) is 1.39. The number of fused-ring (bicyclic) bond motifs is 1. The average Bonchev–Trinajstić information content (AvgIpc) is 2.42. The zero-order valence-corrected chi connectivity index (χ0v) is 9.43. The number of aryl methyl sites for hydroxylation is 2. The smallest absolute Gasteiger partial charge is 0.0481 e. The van der Waals surface area contributed by atoms with Gasteiger partial charge in [-0.05, 0) is 24.6 Å². The predicted octanol–water partition coefficient (Wildman–Crippen LogP) is 3.38. The van der Waals surface area contributed by atoms with Gasteiger partial charge in [0, 0.05) is 29.5 Å². The molecule has 0 saturated heterocycles. The minimum atomic E-state index is 0.924. The summed E-state index contributed by atoms with van der Waals surface area (Å²) in [6.45, 7) is 2.13. The van der Waals surface area contributed by atoms with Crippen molar-refractivity contribution in [2.45, 2.75) is 12.3 Å². The van der Waals surface area contributed by atoms with Gasteiger partial charge in [0.1, 0.15) is 0 Å². The Morgan fingerprint density at radius 3 is 2.85 bits per heavy atom. The fraction of sp³-hybridized carbons (Fsp3) is 0.273. The van der Waals surface area contributed by atoms with Crippen LogP contribution in [0.5, 0.6) is 0 Å². The molecule has 2 aromatic rings. The molecule has 2 rings (SSSR count). The number of rotatable bonds is 1. The van der Waals surface area contributed by atoms with Crippen molar-refractivity contribution in [2.24, 2.45) is 7.05 Å². The SMILES string of the molecule is Cc1ccc2c(c1)c(CBr)cn2C. The van der Waals surface area contributed by atoms with E-state index in [4.69, 9.17) is 0 Å². The Balaban J connectivity index is 2.81. The monoisotopic (exact) mass is 237 g/mol. The van der Waals surface area contributed by atoms with Crippen LogP contribution in [-0.4, -0.2) is 4.57 Å². The molecular weight excluding hydrogens is 226 g/mol. The van der Waals surface area contributed by atoms with Crippen LogP contribution in [-0.2, 0) is 12.4 Å². The highest BCUT2D eigenvalue weighted by Gasteiger charge is 2.04. The van der Waals surface area contributed by atoms with Gasteiger partial charge < -0.3 is 4.57 Å². The van der Waals surface area contributed by atoms with E-state index < -0.39 is 0 Å². The van der Waals surface area contributed by atoms with Crippen molar-refractivity contribution < 1.29 is 0 Å². The van der Waals surface area contributed by atoms with Gasteiger partial charge in [0.25, 0.3) is 0 Å². The van der Waals surface area contributed by atoms with Crippen LogP contribution >= 0.6 is 15.9 Å². The van der Waals surface area contributed by atoms with Gasteiger partial charge >= 0.3 is 0 Å². The average molecular weight is 238 g/mol. The number of aromatic nitrogens is 1. The third-order valence-electron chi connectivity index (χ3n) is 2.37. The first-order valence-electron chi connectivity index (χ1n) is 4.33. The molecule has 0 bridgehead atoms. The molecule has 0 spiro atoms. The fourth-order valence-corrected chi connectivity index (χ4v) is 2.14. The van der Waals surface area contributed by atoms with Crippen LogP contribution in [0.3, 0.4) is 0 Å². The summed E-state index contributed by atoms with van der Waals surface area (Å²) in [5.74, 6) is 0. The number of halogens is 1. The molecule has 0 fully saturated rings. The standard InChI is InChI=1S/C11H12BrN/c1-8-3-4-11-10(5-8)9(6-12)7-13(11)2/h3-5,7H,6H2,1-2H3. The van der Waals surface area contributed by atoms with Crippen molar-refractivity contribution in [1.29, 1.82) is 0 Å². The summed E-state index contributed by atoms with van der Waals surface area (Å²) in [6, 6.07) is 6.57. The first-order valence-corrected chi connectivity index (χ1v) is 5.45. The van der Waals surface area contributed by atoms with E-state index in [0.29, 0.717) is 0 Å². The molecule has 13 heavy (non-hydrogen) atoms. The summed E-state index contributed by atoms with van der Waals surface area (Å²) in [6.07, 6.45) is 2.18. The Labute approximate surface area is 86.5 Å². The first kappa shape index (κ1) is 8.82. The van der Waals surface area contributed by atoms with Crippen LogP contribution in [0.2, 0.25) is 0 Å². The molecule has 1 nitrogen and oxygen atoms in total. The highest BCUT2D eigenvalue weighted by Crippen LogP contribution is 2.23. The second kappa shape index (κ2) is 3.18. The van der Waals surface area contributed by atoms with Gasteiger partial charge in [-0.3, -0.25) is 0 Å². The highest BCUT2D eigenvalue weighted by molar-refractivity contribution is 9.08. The minimum absolute atomic E-state index is 0.924. The Morgan fingerprint density at radius 2 is 2.15 bits per heavy atom. The lowest BCUT2D eigenvalue weighted by molar-refractivity contribution is 0.963. The predicted molar refractivity (Wildman–Crippen MR) is 60.3 cm³/mol. The maximum Gasteiger partial charge on any atom is 0.0481 e. The van der Waals surface area contributed by atoms with Crippen LogP contribution in [0.1, 0.15) is 11.1 Å². The molecule has 1 aromatic heterocycles. The molecule has 0 saturated carbocycles. The van der Waals surface area contributed by atoms with E-state index in [9.17, 15) is 0 Å². The summed E-state index contributed by atoms with van der Waals surface area (Å²) >= 11 is 3.50. The van der Waals surface area contributed by atoms with Gasteiger partial charge in [-0.2, -0.15) is 0 Å². The second-order valence-electron chi connectivity index (χ2n) is 3.42. The molecule has 2 heteroatoms. The van der Waals surface area contributed by atoms with E-state index in [-0.39, 0.29) is 0 Å². The van der Waals surface area contributed by atoms with Crippen LogP contribution < -0.4 is 0 Å². The van der Waals surface area contributed by atoms with Gasteiger partial charge in [-0.1, -0.05) is 27.6 Å². The van der Waals surface area contributed by atoms with Crippen LogP contribution in [0.25, 0.3) is 10.9 Å². The molecule has 0 radical (unpaired) electrons. The van der Waals surface area contributed by atoms with Gasteiger partial charge in [-0.25, -0.2) is 0 Å². The number of nitrogens with zero attached hydrogens (tertiary/aromatic N) is 1. The molecule has 0 unspecified atom stereocenters. The van der Waals surface area contributed by atoms with Gasteiger partial charge in [-0.15, -0.1) is 0 Å². The number of hydrogen-bond donors (Lipinski definition) is 0. The molecule has 0 aliphatic rings. The third-order valence-corrected chi connectivity index (χ3v) is 2.98. The normalized spacial score (nSPS) is 11.0. The lowest BCUT2D eigenvalue weighted by Gasteiger charge is -1.97. The number of alkyl halides is 1. The first-order chi connectivity index (χ1) is 6.22. The van der Waals surface area contributed by atoms with Crippen molar-refractivity contribution in [3.8, 4) is 0 Å². The summed E-state index contributed by atoms with van der Waals surface area (Å²) in [4.78, 5) is 0. The van der Waals surface area contributed by atoms with Crippen LogP contribution in [0.4, 0.5) is 0 Å². The summed E-state index contributed by atoms with van der Waals surface area (Å²) < 4.78 is 2.17. The molecule has 0 amide bonds. The van der Waals surface area contributed by atoms with Crippen LogP contribution in [0.15, 0.2) is 24.4 Å². The van der Waals surface area contributed by atoms with Crippen molar-refractivity contribution in [3.63, 3.8) is 0 Å². The number of benzene rings is 1. The molecule has 0 atom stereocenters. The Bertz CT molecular complexity index is 443. The number of hydrogen-bond acceptors (Lipinski definition) is 0. The molecular formula is C11H12BrN. The van der Waals surface area contributed by atoms with Crippen molar-refractivity contribution in [1.82, 2.24) is 4.57 Å². The zero-order chi connectivity index (χ0) is 9.42. The van der Waals surface area contributed by atoms with Gasteiger partial charge in [0.05, 0.1) is 0 Å². The maximum absolute atomic E-state index is 3.50. The van der Waals surface area contributed by atoms with Crippen LogP contribution in [0, 0.1) is 6.92 Å². The maximum atomic E-state index is 3.50. The molecule has 0 aliphatic heterocycles. The second-order valence-corrected chi connectivity index (χ2v) is 3.98. The minimum Gasteiger partial charge on any atom is -0.350 e. The molecule has 1 heterocycles. The van der Waals surface area contributed by atoms with Crippen molar-refractivity contribution in [3.05, 3.63) is 35.5 Å². The molecule has 0 N–H and O–H groups in total. The lowest BCUT2D eigenvalue weighted by atomic mass is 10.1. The Kier molecular flexibility index (Phi) is 2.16. The van der Waals surface area contributed by atoms with Gasteiger partial charge in [0.15, 0.2) is 0 Å². The summed E-state index contributed by atoms with van der Waals surface area (Å²) in [7, 11) is 2.09. The van der Waals surface area contributed by atoms with E-state index >= 15 is 0 Å². The zero-order valence-electron chi connectivity index (χ0n) is 7.84. The van der Waals surface area contributed by atoms with Crippen molar-refractivity contribution in [2.75, 3.05) is 0 Å². The highest BCUT2D eigenvalue weighted by atomic mass is 79.9. The quantitative estimate of drug-likeness (QED) is 0.671. The van der Waals surface area contributed by atoms with E-state index in [2.05, 4.69) is 58.9 Å². The molecule has 68 valence electrons. The fourth-order valence-electron chi connectivity index (χ4n) is 1.69. The van der Waals surface area contributed by atoms with E-state index in [0.717, 1.165) is 5.33 Å². The molecule has 1 aromatic carbocycles. The van der Waals surface area contributed by atoms with Crippen molar-refractivity contribution >= 4 is 26.8 Å². The summed E-state index contributed by atoms with van der Waals surface area (Å²) in [5.41, 5.74) is 3.99. The van der Waals surface area contributed by atoms with E-state index in [1.54, 1.807) is 0 Å². The Hall–Kier alpha value is -0.760.